The quantitative estimate of drug-likeness (QED) is 0.395. The van der Waals surface area contributed by atoms with Crippen molar-refractivity contribution in [3.63, 3.8) is 0 Å². The second-order valence-electron chi connectivity index (χ2n) is 4.63. The Morgan fingerprint density at radius 1 is 1.30 bits per heavy atom. The van der Waals surface area contributed by atoms with Crippen LogP contribution in [0.2, 0.25) is 0 Å². The number of rotatable bonds is 5. The smallest absolute Gasteiger partial charge is 0.268 e. The minimum Gasteiger partial charge on any atom is -0.268 e. The molecule has 2 atom stereocenters. The summed E-state index contributed by atoms with van der Waals surface area (Å²) in [5.41, 5.74) is 0.591. The van der Waals surface area contributed by atoms with Crippen LogP contribution in [-0.2, 0) is 0 Å². The Morgan fingerprint density at radius 2 is 2.00 bits per heavy atom. The van der Waals surface area contributed by atoms with Gasteiger partial charge in [0.25, 0.3) is 5.91 Å². The third-order valence-electron chi connectivity index (χ3n) is 3.26. The molecule has 1 aromatic heterocycles. The Hall–Kier alpha value is -1.91. The topological polar surface area (TPSA) is 46.3 Å². The molecule has 4 heteroatoms. The van der Waals surface area contributed by atoms with Gasteiger partial charge in [-0.3, -0.25) is 9.80 Å². The second kappa shape index (κ2) is 6.50. The number of hydrogen-bond donors (Lipinski definition) is 1. The SMILES string of the molecule is C=C[C@@H](C)[C@H](c1cccs1)N(N)C(=O)c1ccccc1. The van der Waals surface area contributed by atoms with Gasteiger partial charge in [-0.2, -0.15) is 0 Å². The van der Waals surface area contributed by atoms with Crippen LogP contribution in [0.3, 0.4) is 0 Å². The van der Waals surface area contributed by atoms with Crippen molar-refractivity contribution < 1.29 is 4.79 Å². The van der Waals surface area contributed by atoms with Gasteiger partial charge < -0.3 is 0 Å². The van der Waals surface area contributed by atoms with Crippen molar-refractivity contribution in [2.45, 2.75) is 13.0 Å². The zero-order chi connectivity index (χ0) is 14.5. The Labute approximate surface area is 123 Å². The van der Waals surface area contributed by atoms with Gasteiger partial charge in [-0.1, -0.05) is 37.3 Å². The van der Waals surface area contributed by atoms with E-state index in [9.17, 15) is 4.79 Å². The lowest BCUT2D eigenvalue weighted by atomic mass is 9.99. The van der Waals surface area contributed by atoms with Crippen LogP contribution >= 0.6 is 11.3 Å². The second-order valence-corrected chi connectivity index (χ2v) is 5.61. The molecule has 20 heavy (non-hydrogen) atoms. The standard InChI is InChI=1S/C16H18N2OS/c1-3-12(2)15(14-10-7-11-20-14)18(17)16(19)13-8-5-4-6-9-13/h3-12,15H,1,17H2,2H3/t12-,15-/m1/s1. The van der Waals surface area contributed by atoms with E-state index in [2.05, 4.69) is 6.58 Å². The molecule has 0 radical (unpaired) electrons. The molecule has 0 aliphatic carbocycles. The van der Waals surface area contributed by atoms with E-state index in [4.69, 9.17) is 5.84 Å². The van der Waals surface area contributed by atoms with Gasteiger partial charge in [0.05, 0.1) is 6.04 Å². The predicted molar refractivity (Wildman–Crippen MR) is 83.2 cm³/mol. The highest BCUT2D eigenvalue weighted by Crippen LogP contribution is 2.31. The molecule has 0 saturated carbocycles. The van der Waals surface area contributed by atoms with Crippen LogP contribution in [0, 0.1) is 5.92 Å². The van der Waals surface area contributed by atoms with Gasteiger partial charge in [0, 0.05) is 16.4 Å². The van der Waals surface area contributed by atoms with Crippen molar-refractivity contribution >= 4 is 17.2 Å². The number of benzene rings is 1. The van der Waals surface area contributed by atoms with Crippen LogP contribution in [0.4, 0.5) is 0 Å². The maximum absolute atomic E-state index is 12.5. The molecule has 2 N–H and O–H groups in total. The summed E-state index contributed by atoms with van der Waals surface area (Å²) in [6, 6.07) is 12.8. The van der Waals surface area contributed by atoms with Crippen LogP contribution in [-0.4, -0.2) is 10.9 Å². The van der Waals surface area contributed by atoms with Crippen molar-refractivity contribution in [1.82, 2.24) is 5.01 Å². The zero-order valence-electron chi connectivity index (χ0n) is 11.4. The third-order valence-corrected chi connectivity index (χ3v) is 4.20. The summed E-state index contributed by atoms with van der Waals surface area (Å²) in [5.74, 6) is 6.00. The lowest BCUT2D eigenvalue weighted by Crippen LogP contribution is -2.42. The molecular formula is C16H18N2OS. The van der Waals surface area contributed by atoms with E-state index in [0.717, 1.165) is 4.88 Å². The first-order valence-corrected chi connectivity index (χ1v) is 7.32. The molecule has 0 spiro atoms. The van der Waals surface area contributed by atoms with Crippen molar-refractivity contribution in [3.05, 3.63) is 70.9 Å². The van der Waals surface area contributed by atoms with E-state index < -0.39 is 0 Å². The normalized spacial score (nSPS) is 13.5. The van der Waals surface area contributed by atoms with Crippen LogP contribution in [0.25, 0.3) is 0 Å². The fraction of sp³-hybridized carbons (Fsp3) is 0.188. The average Bonchev–Trinajstić information content (AvgIpc) is 3.01. The molecule has 0 aliphatic heterocycles. The molecule has 0 bridgehead atoms. The molecule has 1 amide bonds. The maximum atomic E-state index is 12.5. The summed E-state index contributed by atoms with van der Waals surface area (Å²) in [6.07, 6.45) is 1.82. The largest absolute Gasteiger partial charge is 0.268 e. The van der Waals surface area contributed by atoms with Crippen molar-refractivity contribution in [1.29, 1.82) is 0 Å². The van der Waals surface area contributed by atoms with E-state index in [0.29, 0.717) is 5.56 Å². The number of thiophene rings is 1. The first-order chi connectivity index (χ1) is 9.65. The highest BCUT2D eigenvalue weighted by molar-refractivity contribution is 7.10. The molecule has 2 rings (SSSR count). The first-order valence-electron chi connectivity index (χ1n) is 6.44. The van der Waals surface area contributed by atoms with Gasteiger partial charge in [0.2, 0.25) is 0 Å². The molecule has 2 aromatic rings. The summed E-state index contributed by atoms with van der Waals surface area (Å²) in [4.78, 5) is 13.5. The van der Waals surface area contributed by atoms with Gasteiger partial charge in [-0.15, -0.1) is 17.9 Å². The highest BCUT2D eigenvalue weighted by Gasteiger charge is 2.27. The van der Waals surface area contributed by atoms with Crippen LogP contribution in [0.1, 0.15) is 28.2 Å². The fourth-order valence-corrected chi connectivity index (χ4v) is 3.03. The zero-order valence-corrected chi connectivity index (χ0v) is 12.2. The van der Waals surface area contributed by atoms with Gasteiger partial charge in [0.15, 0.2) is 0 Å². The maximum Gasteiger partial charge on any atom is 0.268 e. The number of carbonyl (C=O) groups is 1. The van der Waals surface area contributed by atoms with Crippen molar-refractivity contribution in [2.75, 3.05) is 0 Å². The average molecular weight is 286 g/mol. The summed E-state index contributed by atoms with van der Waals surface area (Å²) >= 11 is 1.59. The highest BCUT2D eigenvalue weighted by atomic mass is 32.1. The van der Waals surface area contributed by atoms with E-state index in [1.54, 1.807) is 23.5 Å². The summed E-state index contributed by atoms with van der Waals surface area (Å²) in [6.45, 7) is 5.83. The summed E-state index contributed by atoms with van der Waals surface area (Å²) in [5, 5.41) is 3.30. The molecule has 1 aromatic carbocycles. The van der Waals surface area contributed by atoms with E-state index >= 15 is 0 Å². The molecule has 3 nitrogen and oxygen atoms in total. The minimum absolute atomic E-state index is 0.0753. The van der Waals surface area contributed by atoms with Crippen LogP contribution in [0.5, 0.6) is 0 Å². The third kappa shape index (κ3) is 2.98. The number of hydrogen-bond acceptors (Lipinski definition) is 3. The Kier molecular flexibility index (Phi) is 4.71. The Morgan fingerprint density at radius 3 is 2.55 bits per heavy atom. The number of amides is 1. The van der Waals surface area contributed by atoms with Crippen LogP contribution in [0.15, 0.2) is 60.5 Å². The van der Waals surface area contributed by atoms with E-state index in [1.165, 1.54) is 5.01 Å². The Balaban J connectivity index is 2.30. The summed E-state index contributed by atoms with van der Waals surface area (Å²) < 4.78 is 0. The number of carbonyl (C=O) groups excluding carboxylic acids is 1. The van der Waals surface area contributed by atoms with Gasteiger partial charge in [-0.05, 0) is 23.6 Å². The first kappa shape index (κ1) is 14.5. The molecule has 1 heterocycles. The predicted octanol–water partition coefficient (Wildman–Crippen LogP) is 3.63. The molecule has 0 fully saturated rings. The fourth-order valence-electron chi connectivity index (χ4n) is 2.09. The molecular weight excluding hydrogens is 268 g/mol. The Bertz CT molecular complexity index is 565. The van der Waals surface area contributed by atoms with Crippen LogP contribution < -0.4 is 5.84 Å². The van der Waals surface area contributed by atoms with E-state index in [1.807, 2.05) is 48.7 Å². The lowest BCUT2D eigenvalue weighted by molar-refractivity contribution is 0.0641. The number of nitrogens with two attached hydrogens (primary N) is 1. The van der Waals surface area contributed by atoms with Crippen molar-refractivity contribution in [3.8, 4) is 0 Å². The van der Waals surface area contributed by atoms with Gasteiger partial charge in [0.1, 0.15) is 0 Å². The molecule has 104 valence electrons. The van der Waals surface area contributed by atoms with E-state index in [-0.39, 0.29) is 17.9 Å². The van der Waals surface area contributed by atoms with Crippen molar-refractivity contribution in [2.24, 2.45) is 11.8 Å². The summed E-state index contributed by atoms with van der Waals surface area (Å²) in [7, 11) is 0. The lowest BCUT2D eigenvalue weighted by Gasteiger charge is -2.30. The monoisotopic (exact) mass is 286 g/mol. The molecule has 0 unspecified atom stereocenters. The minimum atomic E-state index is -0.194. The number of hydrazine groups is 1. The van der Waals surface area contributed by atoms with Gasteiger partial charge in [-0.25, -0.2) is 5.84 Å². The number of nitrogens with zero attached hydrogens (tertiary/aromatic N) is 1. The van der Waals surface area contributed by atoms with Gasteiger partial charge >= 0.3 is 0 Å². The molecule has 0 aliphatic rings. The molecule has 0 saturated heterocycles.